The fourth-order valence-corrected chi connectivity index (χ4v) is 3.16. The molecule has 0 aliphatic heterocycles. The summed E-state index contributed by atoms with van der Waals surface area (Å²) >= 11 is 6.27. The van der Waals surface area contributed by atoms with Gasteiger partial charge in [-0.1, -0.05) is 66.2 Å². The van der Waals surface area contributed by atoms with Crippen LogP contribution in [0.2, 0.25) is 5.02 Å². The largest absolute Gasteiger partial charge is 0.495 e. The summed E-state index contributed by atoms with van der Waals surface area (Å²) in [6, 6.07) is 24.7. The predicted octanol–water partition coefficient (Wildman–Crippen LogP) is 5.60. The topological polar surface area (TPSA) is 60.2 Å². The molecule has 1 atom stereocenters. The van der Waals surface area contributed by atoms with Crippen molar-refractivity contribution in [1.82, 2.24) is 10.2 Å². The Balaban J connectivity index is 1.74. The quantitative estimate of drug-likeness (QED) is 0.463. The zero-order valence-corrected chi connectivity index (χ0v) is 15.9. The van der Waals surface area contributed by atoms with Gasteiger partial charge in [0, 0.05) is 0 Å². The van der Waals surface area contributed by atoms with Gasteiger partial charge in [-0.25, -0.2) is 0 Å². The summed E-state index contributed by atoms with van der Waals surface area (Å²) in [7, 11) is 1.64. The van der Waals surface area contributed by atoms with Gasteiger partial charge < -0.3 is 14.5 Å². The SMILES string of the molecule is COc1ccccc1NC(c1ccccc1)c1nnc(-c2ccccc2Cl)o1. The molecule has 0 radical (unpaired) electrons. The summed E-state index contributed by atoms with van der Waals surface area (Å²) < 4.78 is 11.5. The number of ether oxygens (including phenoxy) is 1. The zero-order chi connectivity index (χ0) is 19.3. The van der Waals surface area contributed by atoms with Crippen LogP contribution in [-0.4, -0.2) is 17.3 Å². The second-order valence-electron chi connectivity index (χ2n) is 6.11. The number of benzene rings is 3. The van der Waals surface area contributed by atoms with Gasteiger partial charge in [-0.2, -0.15) is 0 Å². The molecule has 28 heavy (non-hydrogen) atoms. The van der Waals surface area contributed by atoms with Gasteiger partial charge in [-0.3, -0.25) is 0 Å². The number of aromatic nitrogens is 2. The molecule has 6 heteroatoms. The second-order valence-corrected chi connectivity index (χ2v) is 6.52. The molecule has 0 amide bonds. The highest BCUT2D eigenvalue weighted by atomic mass is 35.5. The molecule has 5 nitrogen and oxygen atoms in total. The number of hydrogen-bond donors (Lipinski definition) is 1. The number of para-hydroxylation sites is 2. The van der Waals surface area contributed by atoms with Crippen LogP contribution in [0.5, 0.6) is 5.75 Å². The standard InChI is InChI=1S/C22H18ClN3O2/c1-27-19-14-8-7-13-18(19)24-20(15-9-3-2-4-10-15)22-26-25-21(28-22)16-11-5-6-12-17(16)23/h2-14,20,24H,1H3. The van der Waals surface area contributed by atoms with E-state index < -0.39 is 0 Å². The van der Waals surface area contributed by atoms with Crippen LogP contribution in [0.25, 0.3) is 11.5 Å². The van der Waals surface area contributed by atoms with Gasteiger partial charge in [0.1, 0.15) is 11.8 Å². The lowest BCUT2D eigenvalue weighted by Gasteiger charge is -2.18. The van der Waals surface area contributed by atoms with E-state index in [9.17, 15) is 0 Å². The van der Waals surface area contributed by atoms with E-state index in [-0.39, 0.29) is 6.04 Å². The highest BCUT2D eigenvalue weighted by Gasteiger charge is 2.23. The Bertz CT molecular complexity index is 1070. The molecular formula is C22H18ClN3O2. The minimum atomic E-state index is -0.346. The molecule has 0 saturated heterocycles. The van der Waals surface area contributed by atoms with Gasteiger partial charge in [0.15, 0.2) is 0 Å². The maximum absolute atomic E-state index is 6.27. The minimum absolute atomic E-state index is 0.346. The van der Waals surface area contributed by atoms with Crippen LogP contribution in [0.3, 0.4) is 0 Å². The van der Waals surface area contributed by atoms with Crippen molar-refractivity contribution in [2.24, 2.45) is 0 Å². The number of nitrogens with zero attached hydrogens (tertiary/aromatic N) is 2. The first-order valence-electron chi connectivity index (χ1n) is 8.79. The van der Waals surface area contributed by atoms with Gasteiger partial charge in [0.25, 0.3) is 0 Å². The molecule has 140 valence electrons. The number of anilines is 1. The van der Waals surface area contributed by atoms with Crippen molar-refractivity contribution < 1.29 is 9.15 Å². The molecule has 1 N–H and O–H groups in total. The first-order valence-corrected chi connectivity index (χ1v) is 9.17. The number of methoxy groups -OCH3 is 1. The van der Waals surface area contributed by atoms with Crippen LogP contribution < -0.4 is 10.1 Å². The summed E-state index contributed by atoms with van der Waals surface area (Å²) in [5.41, 5.74) is 2.52. The third-order valence-corrected chi connectivity index (χ3v) is 4.66. The molecule has 0 saturated carbocycles. The Morgan fingerprint density at radius 2 is 1.61 bits per heavy atom. The lowest BCUT2D eigenvalue weighted by molar-refractivity contribution is 0.415. The highest BCUT2D eigenvalue weighted by Crippen LogP contribution is 2.33. The molecule has 3 aromatic carbocycles. The highest BCUT2D eigenvalue weighted by molar-refractivity contribution is 6.33. The van der Waals surface area contributed by atoms with Crippen molar-refractivity contribution in [2.45, 2.75) is 6.04 Å². The summed E-state index contributed by atoms with van der Waals surface area (Å²) in [5.74, 6) is 1.55. The Hall–Kier alpha value is -3.31. The Kier molecular flexibility index (Phi) is 5.26. The van der Waals surface area contributed by atoms with Gasteiger partial charge in [0.2, 0.25) is 11.8 Å². The molecule has 4 rings (SSSR count). The molecule has 4 aromatic rings. The first kappa shape index (κ1) is 18.1. The molecule has 0 bridgehead atoms. The normalized spacial score (nSPS) is 11.8. The van der Waals surface area contributed by atoms with Crippen LogP contribution in [0.1, 0.15) is 17.5 Å². The average molecular weight is 392 g/mol. The second kappa shape index (κ2) is 8.15. The third-order valence-electron chi connectivity index (χ3n) is 4.33. The number of halogens is 1. The smallest absolute Gasteiger partial charge is 0.249 e. The third kappa shape index (κ3) is 3.70. The van der Waals surface area contributed by atoms with E-state index in [1.165, 1.54) is 0 Å². The molecule has 0 aliphatic rings. The Labute approximate surface area is 168 Å². The number of nitrogens with one attached hydrogen (secondary N) is 1. The maximum atomic E-state index is 6.27. The van der Waals surface area contributed by atoms with E-state index in [0.717, 1.165) is 17.0 Å². The average Bonchev–Trinajstić information content (AvgIpc) is 3.23. The van der Waals surface area contributed by atoms with Gasteiger partial charge >= 0.3 is 0 Å². The van der Waals surface area contributed by atoms with Crippen molar-refractivity contribution in [1.29, 1.82) is 0 Å². The molecule has 1 heterocycles. The van der Waals surface area contributed by atoms with Gasteiger partial charge in [0.05, 0.1) is 23.4 Å². The lowest BCUT2D eigenvalue weighted by Crippen LogP contribution is -2.13. The fourth-order valence-electron chi connectivity index (χ4n) is 2.95. The molecule has 0 fully saturated rings. The van der Waals surface area contributed by atoms with E-state index in [1.54, 1.807) is 13.2 Å². The van der Waals surface area contributed by atoms with Crippen molar-refractivity contribution in [3.8, 4) is 17.2 Å². The summed E-state index contributed by atoms with van der Waals surface area (Å²) in [4.78, 5) is 0. The van der Waals surface area contributed by atoms with Crippen molar-refractivity contribution in [2.75, 3.05) is 12.4 Å². The maximum Gasteiger partial charge on any atom is 0.249 e. The molecule has 1 aromatic heterocycles. The number of hydrogen-bond acceptors (Lipinski definition) is 5. The van der Waals surface area contributed by atoms with Crippen LogP contribution in [0.15, 0.2) is 83.3 Å². The predicted molar refractivity (Wildman–Crippen MR) is 110 cm³/mol. The zero-order valence-electron chi connectivity index (χ0n) is 15.2. The summed E-state index contributed by atoms with van der Waals surface area (Å²) in [5, 5.41) is 12.5. The van der Waals surface area contributed by atoms with E-state index in [4.69, 9.17) is 20.8 Å². The van der Waals surface area contributed by atoms with Crippen LogP contribution in [-0.2, 0) is 0 Å². The lowest BCUT2D eigenvalue weighted by atomic mass is 10.1. The van der Waals surface area contributed by atoms with Crippen molar-refractivity contribution >= 4 is 17.3 Å². The van der Waals surface area contributed by atoms with Gasteiger partial charge in [-0.15, -0.1) is 10.2 Å². The van der Waals surface area contributed by atoms with E-state index >= 15 is 0 Å². The summed E-state index contributed by atoms with van der Waals surface area (Å²) in [6.07, 6.45) is 0. The van der Waals surface area contributed by atoms with E-state index in [1.807, 2.05) is 72.8 Å². The molecular weight excluding hydrogens is 374 g/mol. The van der Waals surface area contributed by atoms with Crippen LogP contribution >= 0.6 is 11.6 Å². The van der Waals surface area contributed by atoms with Crippen molar-refractivity contribution in [3.63, 3.8) is 0 Å². The molecule has 0 spiro atoms. The van der Waals surface area contributed by atoms with Crippen LogP contribution in [0, 0.1) is 0 Å². The summed E-state index contributed by atoms with van der Waals surface area (Å²) in [6.45, 7) is 0. The van der Waals surface area contributed by atoms with Crippen molar-refractivity contribution in [3.05, 3.63) is 95.3 Å². The monoisotopic (exact) mass is 391 g/mol. The van der Waals surface area contributed by atoms with Gasteiger partial charge in [-0.05, 0) is 29.8 Å². The van der Waals surface area contributed by atoms with Crippen LogP contribution in [0.4, 0.5) is 5.69 Å². The Morgan fingerprint density at radius 3 is 2.39 bits per heavy atom. The molecule has 0 aliphatic carbocycles. The minimum Gasteiger partial charge on any atom is -0.495 e. The number of rotatable bonds is 6. The first-order chi connectivity index (χ1) is 13.8. The fraction of sp³-hybridized carbons (Fsp3) is 0.0909. The van der Waals surface area contributed by atoms with E-state index in [2.05, 4.69) is 15.5 Å². The molecule has 1 unspecified atom stereocenters. The Morgan fingerprint density at radius 1 is 0.893 bits per heavy atom. The van der Waals surface area contributed by atoms with E-state index in [0.29, 0.717) is 22.4 Å².